The molecule has 1 N–H and O–H groups in total. The summed E-state index contributed by atoms with van der Waals surface area (Å²) in [4.78, 5) is 32.0. The predicted octanol–water partition coefficient (Wildman–Crippen LogP) is 2.77. The number of carbonyl (C=O) groups excluding carboxylic acids is 1. The van der Waals surface area contributed by atoms with Crippen molar-refractivity contribution in [2.24, 2.45) is 0 Å². The van der Waals surface area contributed by atoms with E-state index in [1.165, 1.54) is 35.0 Å². The molecule has 27 heavy (non-hydrogen) atoms. The smallest absolute Gasteiger partial charge is 0.263 e. The number of nitrogens with one attached hydrogen (secondary N) is 1. The first kappa shape index (κ1) is 20.1. The van der Waals surface area contributed by atoms with Gasteiger partial charge in [0, 0.05) is 25.1 Å². The van der Waals surface area contributed by atoms with Crippen LogP contribution in [0.2, 0.25) is 0 Å². The molecule has 146 valence electrons. The molecular weight excluding hydrogens is 382 g/mol. The predicted molar refractivity (Wildman–Crippen MR) is 111 cm³/mol. The molecule has 0 spiro atoms. The van der Waals surface area contributed by atoms with Gasteiger partial charge in [-0.2, -0.15) is 0 Å². The first-order valence-corrected chi connectivity index (χ1v) is 11.0. The molecule has 0 radical (unpaired) electrons. The quantitative estimate of drug-likeness (QED) is 0.239. The number of rotatable bonds is 8. The maximum atomic E-state index is 13.2. The maximum absolute atomic E-state index is 13.2. The van der Waals surface area contributed by atoms with Gasteiger partial charge in [0.25, 0.3) is 5.56 Å². The Bertz CT molecular complexity index is 888. The molecule has 0 aromatic carbocycles. The van der Waals surface area contributed by atoms with Gasteiger partial charge in [-0.1, -0.05) is 24.3 Å². The van der Waals surface area contributed by atoms with Gasteiger partial charge < -0.3 is 10.1 Å². The number of hydrogen-bond acceptors (Lipinski definition) is 6. The zero-order valence-corrected chi connectivity index (χ0v) is 17.2. The first-order chi connectivity index (χ1) is 13.2. The Hall–Kier alpha value is -1.64. The summed E-state index contributed by atoms with van der Waals surface area (Å²) in [6, 6.07) is 0. The average molecular weight is 408 g/mol. The summed E-state index contributed by atoms with van der Waals surface area (Å²) < 4.78 is 6.57. The SMILES string of the molecule is C=CCn1c(SCC(=O)NCCOC)nc2sc3c(c2c1=O)CCCCC3. The zero-order valence-electron chi connectivity index (χ0n) is 15.6. The zero-order chi connectivity index (χ0) is 19.2. The molecule has 2 aromatic rings. The van der Waals surface area contributed by atoms with E-state index in [4.69, 9.17) is 9.72 Å². The molecular formula is C19H25N3O3S2. The molecule has 2 aromatic heterocycles. The maximum Gasteiger partial charge on any atom is 0.263 e. The minimum absolute atomic E-state index is 0.0124. The van der Waals surface area contributed by atoms with E-state index in [-0.39, 0.29) is 17.2 Å². The van der Waals surface area contributed by atoms with Gasteiger partial charge in [0.1, 0.15) is 4.83 Å². The Morgan fingerprint density at radius 1 is 1.41 bits per heavy atom. The number of aryl methyl sites for hydroxylation is 2. The number of ether oxygens (including phenoxy) is 1. The van der Waals surface area contributed by atoms with Crippen LogP contribution >= 0.6 is 23.1 Å². The highest BCUT2D eigenvalue weighted by atomic mass is 32.2. The molecule has 1 aliphatic rings. The fourth-order valence-corrected chi connectivity index (χ4v) is 5.41. The summed E-state index contributed by atoms with van der Waals surface area (Å²) in [5.41, 5.74) is 1.18. The van der Waals surface area contributed by atoms with Gasteiger partial charge in [0.2, 0.25) is 5.91 Å². The Kier molecular flexibility index (Phi) is 7.09. The molecule has 0 fully saturated rings. The second kappa shape index (κ2) is 9.52. The highest BCUT2D eigenvalue weighted by Crippen LogP contribution is 2.34. The summed E-state index contributed by atoms with van der Waals surface area (Å²) in [5, 5.41) is 4.13. The largest absolute Gasteiger partial charge is 0.383 e. The van der Waals surface area contributed by atoms with Crippen LogP contribution in [0, 0.1) is 0 Å². The van der Waals surface area contributed by atoms with E-state index in [0.717, 1.165) is 29.5 Å². The van der Waals surface area contributed by atoms with E-state index in [0.29, 0.717) is 24.9 Å². The number of thiophene rings is 1. The number of hydrogen-bond donors (Lipinski definition) is 1. The number of thioether (sulfide) groups is 1. The molecule has 0 unspecified atom stereocenters. The van der Waals surface area contributed by atoms with Crippen molar-refractivity contribution in [3.8, 4) is 0 Å². The summed E-state index contributed by atoms with van der Waals surface area (Å²) in [7, 11) is 1.59. The van der Waals surface area contributed by atoms with Crippen LogP contribution in [-0.4, -0.2) is 41.5 Å². The number of carbonyl (C=O) groups is 1. The van der Waals surface area contributed by atoms with Crippen LogP contribution in [0.5, 0.6) is 0 Å². The summed E-state index contributed by atoms with van der Waals surface area (Å²) in [6.45, 7) is 5.10. The van der Waals surface area contributed by atoms with Gasteiger partial charge in [0.15, 0.2) is 5.16 Å². The van der Waals surface area contributed by atoms with Crippen LogP contribution in [0.25, 0.3) is 10.2 Å². The standard InChI is InChI=1S/C19H25N3O3S2/c1-3-10-22-18(24)16-13-7-5-4-6-8-14(13)27-17(16)21-19(22)26-12-15(23)20-9-11-25-2/h3H,1,4-12H2,2H3,(H,20,23). The van der Waals surface area contributed by atoms with Crippen molar-refractivity contribution in [3.63, 3.8) is 0 Å². The lowest BCUT2D eigenvalue weighted by molar-refractivity contribution is -0.118. The van der Waals surface area contributed by atoms with Crippen LogP contribution in [0.4, 0.5) is 0 Å². The number of allylic oxidation sites excluding steroid dienone is 1. The van der Waals surface area contributed by atoms with E-state index in [2.05, 4.69) is 11.9 Å². The lowest BCUT2D eigenvalue weighted by Gasteiger charge is -2.11. The normalized spacial score (nSPS) is 14.0. The molecule has 2 heterocycles. The number of aromatic nitrogens is 2. The van der Waals surface area contributed by atoms with E-state index in [1.54, 1.807) is 29.1 Å². The van der Waals surface area contributed by atoms with Crippen molar-refractivity contribution in [1.82, 2.24) is 14.9 Å². The van der Waals surface area contributed by atoms with Gasteiger partial charge in [0.05, 0.1) is 17.7 Å². The Morgan fingerprint density at radius 3 is 3.00 bits per heavy atom. The van der Waals surface area contributed by atoms with Crippen LogP contribution < -0.4 is 10.9 Å². The monoisotopic (exact) mass is 407 g/mol. The van der Waals surface area contributed by atoms with E-state index in [9.17, 15) is 9.59 Å². The van der Waals surface area contributed by atoms with Crippen molar-refractivity contribution < 1.29 is 9.53 Å². The van der Waals surface area contributed by atoms with Crippen LogP contribution in [0.3, 0.4) is 0 Å². The minimum Gasteiger partial charge on any atom is -0.383 e. The van der Waals surface area contributed by atoms with Crippen LogP contribution in [-0.2, 0) is 28.9 Å². The number of nitrogens with zero attached hydrogens (tertiary/aromatic N) is 2. The second-order valence-corrected chi connectivity index (χ2v) is 8.50. The lowest BCUT2D eigenvalue weighted by atomic mass is 10.1. The fraction of sp³-hybridized carbons (Fsp3) is 0.526. The van der Waals surface area contributed by atoms with Gasteiger partial charge in [-0.25, -0.2) is 4.98 Å². The summed E-state index contributed by atoms with van der Waals surface area (Å²) >= 11 is 2.93. The summed E-state index contributed by atoms with van der Waals surface area (Å²) in [6.07, 6.45) is 7.18. The molecule has 0 bridgehead atoms. The topological polar surface area (TPSA) is 73.2 Å². The van der Waals surface area contributed by atoms with Crippen molar-refractivity contribution in [3.05, 3.63) is 33.4 Å². The van der Waals surface area contributed by atoms with Crippen molar-refractivity contribution >= 4 is 39.2 Å². The third-order valence-corrected chi connectivity index (χ3v) is 6.72. The third-order valence-electron chi connectivity index (χ3n) is 4.56. The van der Waals surface area contributed by atoms with Gasteiger partial charge >= 0.3 is 0 Å². The number of amides is 1. The van der Waals surface area contributed by atoms with Crippen LogP contribution in [0.1, 0.15) is 29.7 Å². The van der Waals surface area contributed by atoms with Crippen molar-refractivity contribution in [1.29, 1.82) is 0 Å². The average Bonchev–Trinajstić information content (AvgIpc) is 2.84. The highest BCUT2D eigenvalue weighted by Gasteiger charge is 2.21. The van der Waals surface area contributed by atoms with E-state index >= 15 is 0 Å². The number of fused-ring (bicyclic) bond motifs is 3. The Morgan fingerprint density at radius 2 is 2.22 bits per heavy atom. The summed E-state index contributed by atoms with van der Waals surface area (Å²) in [5.74, 6) is 0.114. The Labute approximate surface area is 167 Å². The molecule has 6 nitrogen and oxygen atoms in total. The van der Waals surface area contributed by atoms with Crippen LogP contribution in [0.15, 0.2) is 22.6 Å². The molecule has 0 saturated heterocycles. The molecule has 1 amide bonds. The molecule has 3 rings (SSSR count). The molecule has 0 saturated carbocycles. The highest BCUT2D eigenvalue weighted by molar-refractivity contribution is 7.99. The first-order valence-electron chi connectivity index (χ1n) is 9.20. The number of methoxy groups -OCH3 is 1. The molecule has 0 aliphatic heterocycles. The second-order valence-electron chi connectivity index (χ2n) is 6.47. The van der Waals surface area contributed by atoms with Gasteiger partial charge in [-0.3, -0.25) is 14.2 Å². The lowest BCUT2D eigenvalue weighted by Crippen LogP contribution is -2.29. The fourth-order valence-electron chi connectivity index (χ4n) is 3.27. The van der Waals surface area contributed by atoms with Crippen molar-refractivity contribution in [2.45, 2.75) is 43.8 Å². The van der Waals surface area contributed by atoms with Crippen molar-refractivity contribution in [2.75, 3.05) is 26.0 Å². The van der Waals surface area contributed by atoms with Gasteiger partial charge in [-0.15, -0.1) is 17.9 Å². The van der Waals surface area contributed by atoms with E-state index in [1.807, 2.05) is 0 Å². The van der Waals surface area contributed by atoms with E-state index < -0.39 is 0 Å². The van der Waals surface area contributed by atoms with Gasteiger partial charge in [-0.05, 0) is 31.2 Å². The molecule has 8 heteroatoms. The molecule has 0 atom stereocenters. The Balaban J connectivity index is 1.90. The third kappa shape index (κ3) is 4.62. The molecule has 1 aliphatic carbocycles. The minimum atomic E-state index is -0.0986.